The largest absolute Gasteiger partial charge is 0.493 e. The number of carboxylic acids is 2. The van der Waals surface area contributed by atoms with Crippen LogP contribution in [-0.2, 0) is 50.0 Å². The minimum absolute atomic E-state index is 0.0442. The number of aliphatic hydroxyl groups excluding tert-OH is 1. The number of carbonyl (C=O) groups excluding carboxylic acids is 3. The molecule has 2 aromatic carbocycles. The Balaban J connectivity index is 1.17. The van der Waals surface area contributed by atoms with Crippen molar-refractivity contribution < 1.29 is 68.1 Å². The molecule has 1 heterocycles. The maximum Gasteiger partial charge on any atom is 0.353 e. The number of aliphatic carboxylic acids is 2. The maximum atomic E-state index is 13.2. The smallest absolute Gasteiger partial charge is 0.353 e. The average Bonchev–Trinajstić information content (AvgIpc) is 3.40. The Kier molecular flexibility index (Phi) is 8.64. The van der Waals surface area contributed by atoms with Crippen LogP contribution >= 0.6 is 0 Å². The van der Waals surface area contributed by atoms with Gasteiger partial charge in [0.05, 0.1) is 31.0 Å². The zero-order valence-electron chi connectivity index (χ0n) is 25.8. The van der Waals surface area contributed by atoms with Gasteiger partial charge in [0.2, 0.25) is 12.2 Å². The van der Waals surface area contributed by atoms with Gasteiger partial charge in [-0.25, -0.2) is 14.4 Å². The quantitative estimate of drug-likeness (QED) is 0.189. The minimum Gasteiger partial charge on any atom is -0.493 e. The van der Waals surface area contributed by atoms with E-state index in [1.54, 1.807) is 18.2 Å². The molecule has 2 bridgehead atoms. The normalized spacial score (nSPS) is 26.4. The van der Waals surface area contributed by atoms with E-state index in [9.17, 15) is 39.3 Å². The van der Waals surface area contributed by atoms with Crippen molar-refractivity contribution in [2.45, 2.75) is 80.4 Å². The molecule has 14 heteroatoms. The van der Waals surface area contributed by atoms with Crippen molar-refractivity contribution in [1.82, 2.24) is 0 Å². The van der Waals surface area contributed by atoms with Crippen LogP contribution in [0.3, 0.4) is 0 Å². The molecule has 1 aliphatic heterocycles. The molecule has 254 valence electrons. The molecule has 6 rings (SSSR count). The number of esters is 3. The van der Waals surface area contributed by atoms with E-state index in [1.165, 1.54) is 31.4 Å². The van der Waals surface area contributed by atoms with Gasteiger partial charge in [0.25, 0.3) is 0 Å². The number of carbonyl (C=O) groups is 5. The Morgan fingerprint density at radius 3 is 2.44 bits per heavy atom. The van der Waals surface area contributed by atoms with E-state index in [1.807, 2.05) is 6.07 Å². The van der Waals surface area contributed by atoms with Crippen LogP contribution in [0.5, 0.6) is 11.5 Å². The van der Waals surface area contributed by atoms with Crippen molar-refractivity contribution in [3.8, 4) is 11.5 Å². The zero-order chi connectivity index (χ0) is 34.4. The molecule has 2 aromatic rings. The van der Waals surface area contributed by atoms with Crippen molar-refractivity contribution in [3.05, 3.63) is 71.0 Å². The molecule has 0 aromatic heterocycles. The molecule has 14 nitrogen and oxygen atoms in total. The van der Waals surface area contributed by atoms with Crippen LogP contribution in [0.25, 0.3) is 0 Å². The number of methoxy groups -OCH3 is 1. The van der Waals surface area contributed by atoms with E-state index in [2.05, 4.69) is 0 Å². The highest BCUT2D eigenvalue weighted by Crippen LogP contribution is 2.67. The Bertz CT molecular complexity index is 1680. The fraction of sp³-hybridized carbons (Fsp3) is 0.441. The molecule has 0 saturated heterocycles. The van der Waals surface area contributed by atoms with Gasteiger partial charge >= 0.3 is 29.8 Å². The highest BCUT2D eigenvalue weighted by Gasteiger charge is 2.71. The lowest BCUT2D eigenvalue weighted by atomic mass is 9.47. The van der Waals surface area contributed by atoms with Gasteiger partial charge in [0, 0.05) is 11.1 Å². The second kappa shape index (κ2) is 12.6. The summed E-state index contributed by atoms with van der Waals surface area (Å²) in [6.45, 7) is 0. The fourth-order valence-corrected chi connectivity index (χ4v) is 7.71. The van der Waals surface area contributed by atoms with Gasteiger partial charge in [-0.1, -0.05) is 42.8 Å². The predicted molar refractivity (Wildman–Crippen MR) is 160 cm³/mol. The number of benzene rings is 2. The summed E-state index contributed by atoms with van der Waals surface area (Å²) in [5.74, 6) is -6.10. The summed E-state index contributed by atoms with van der Waals surface area (Å²) in [4.78, 5) is 61.5. The molecular weight excluding hydrogens is 632 g/mol. The molecule has 0 radical (unpaired) electrons. The summed E-state index contributed by atoms with van der Waals surface area (Å²) in [5, 5.41) is 41.2. The monoisotopic (exact) mass is 666 g/mol. The molecule has 4 aliphatic rings. The summed E-state index contributed by atoms with van der Waals surface area (Å²) in [6, 6.07) is 11.1. The van der Waals surface area contributed by atoms with Gasteiger partial charge in [-0.15, -0.1) is 0 Å². The lowest BCUT2D eigenvalue weighted by Gasteiger charge is -2.59. The van der Waals surface area contributed by atoms with Gasteiger partial charge in [0.1, 0.15) is 5.76 Å². The molecule has 7 atom stereocenters. The van der Waals surface area contributed by atoms with Crippen molar-refractivity contribution in [2.24, 2.45) is 5.92 Å². The first-order valence-electron chi connectivity index (χ1n) is 15.5. The van der Waals surface area contributed by atoms with Gasteiger partial charge in [0.15, 0.2) is 23.7 Å². The Labute approximate surface area is 273 Å². The first-order valence-corrected chi connectivity index (χ1v) is 15.5. The van der Waals surface area contributed by atoms with E-state index in [-0.39, 0.29) is 23.7 Å². The number of hydrogen-bond acceptors (Lipinski definition) is 12. The van der Waals surface area contributed by atoms with E-state index in [0.29, 0.717) is 24.3 Å². The zero-order valence-corrected chi connectivity index (χ0v) is 25.8. The van der Waals surface area contributed by atoms with Crippen LogP contribution in [-0.4, -0.2) is 81.3 Å². The molecule has 4 N–H and O–H groups in total. The van der Waals surface area contributed by atoms with Crippen LogP contribution in [0.15, 0.2) is 54.3 Å². The van der Waals surface area contributed by atoms with E-state index in [4.69, 9.17) is 28.8 Å². The first-order chi connectivity index (χ1) is 22.9. The molecule has 3 aliphatic carbocycles. The fourth-order valence-electron chi connectivity index (χ4n) is 7.71. The second-order valence-corrected chi connectivity index (χ2v) is 12.4. The van der Waals surface area contributed by atoms with Gasteiger partial charge in [-0.05, 0) is 49.3 Å². The van der Waals surface area contributed by atoms with Crippen LogP contribution < -0.4 is 9.47 Å². The summed E-state index contributed by atoms with van der Waals surface area (Å²) in [6.07, 6.45) is -4.25. The van der Waals surface area contributed by atoms with E-state index >= 15 is 0 Å². The first kappa shape index (κ1) is 33.0. The lowest BCUT2D eigenvalue weighted by Crippen LogP contribution is -2.67. The highest BCUT2D eigenvalue weighted by molar-refractivity contribution is 5.87. The van der Waals surface area contributed by atoms with Crippen LogP contribution in [0.4, 0.5) is 0 Å². The van der Waals surface area contributed by atoms with Gasteiger partial charge in [-0.3, -0.25) is 9.59 Å². The lowest BCUT2D eigenvalue weighted by molar-refractivity contribution is -0.180. The molecule has 0 amide bonds. The van der Waals surface area contributed by atoms with Crippen molar-refractivity contribution in [3.63, 3.8) is 0 Å². The predicted octanol–water partition coefficient (Wildman–Crippen LogP) is 2.12. The third kappa shape index (κ3) is 5.44. The Hall–Kier alpha value is -4.95. The molecule has 1 fully saturated rings. The summed E-state index contributed by atoms with van der Waals surface area (Å²) in [7, 11) is 1.51. The SMILES string of the molecule is COc1ccc2c3c1O[C@@H]1C(OC(=O)[C@@H](O)CC(=O)O[C@H](C(=O)O[C@@H](CC(=O)O)C(=O)O)c4ccccc4)=CC[C@]4(O)[C@@H](CCC[C@@]314)C2. The van der Waals surface area contributed by atoms with E-state index in [0.717, 1.165) is 24.0 Å². The molecule has 48 heavy (non-hydrogen) atoms. The molecular formula is C34H34O14. The number of carboxylic acid groups (broad SMARTS) is 2. The van der Waals surface area contributed by atoms with Crippen LogP contribution in [0.1, 0.15) is 61.3 Å². The molecule has 0 unspecified atom stereocenters. The summed E-state index contributed by atoms with van der Waals surface area (Å²) >= 11 is 0. The molecule has 1 saturated carbocycles. The standard InChI is InChI=1S/C34H34O14/c1-44-21-10-9-18-14-19-8-5-12-33-26(18)28(21)48-29(33)22(11-13-34(19,33)43)45-31(41)20(35)15-25(38)47-27(17-6-3-2-4-7-17)32(42)46-23(30(39)40)16-24(36)37/h2-4,6-7,9-11,19-20,23,27,29,35,43H,5,8,12-16H2,1H3,(H,36,37)(H,39,40)/t19-,20-,23-,27-,29+,33+,34-/m0/s1. The van der Waals surface area contributed by atoms with Crippen molar-refractivity contribution in [1.29, 1.82) is 0 Å². The third-order valence-corrected chi connectivity index (χ3v) is 9.78. The number of hydrogen-bond donors (Lipinski definition) is 4. The second-order valence-electron chi connectivity index (χ2n) is 12.4. The van der Waals surface area contributed by atoms with Crippen molar-refractivity contribution in [2.75, 3.05) is 7.11 Å². The van der Waals surface area contributed by atoms with E-state index < -0.39 is 78.1 Å². The number of rotatable bonds is 12. The topological polar surface area (TPSA) is 212 Å². The Morgan fingerprint density at radius 1 is 1.00 bits per heavy atom. The number of ether oxygens (including phenoxy) is 5. The third-order valence-electron chi connectivity index (χ3n) is 9.78. The summed E-state index contributed by atoms with van der Waals surface area (Å²) in [5.41, 5.74) is -0.147. The highest BCUT2D eigenvalue weighted by atomic mass is 16.6. The summed E-state index contributed by atoms with van der Waals surface area (Å²) < 4.78 is 27.7. The van der Waals surface area contributed by atoms with Crippen LogP contribution in [0.2, 0.25) is 0 Å². The molecule has 1 spiro atoms. The Morgan fingerprint density at radius 2 is 1.75 bits per heavy atom. The van der Waals surface area contributed by atoms with Gasteiger partial charge < -0.3 is 44.1 Å². The van der Waals surface area contributed by atoms with Crippen LogP contribution in [0, 0.1) is 5.92 Å². The van der Waals surface area contributed by atoms with Gasteiger partial charge in [-0.2, -0.15) is 0 Å². The average molecular weight is 667 g/mol. The minimum atomic E-state index is -2.06. The number of aliphatic hydroxyl groups is 2. The maximum absolute atomic E-state index is 13.2. The van der Waals surface area contributed by atoms with Crippen molar-refractivity contribution >= 4 is 29.8 Å².